The van der Waals surface area contributed by atoms with Gasteiger partial charge in [-0.1, -0.05) is 36.7 Å². The molecule has 3 unspecified atom stereocenters. The zero-order valence-corrected chi connectivity index (χ0v) is 11.1. The molecule has 1 aliphatic rings. The second-order valence-corrected chi connectivity index (χ2v) is 5.96. The molecule has 0 bridgehead atoms. The highest BCUT2D eigenvalue weighted by molar-refractivity contribution is 6.31. The van der Waals surface area contributed by atoms with E-state index < -0.39 is 0 Å². The highest BCUT2D eigenvalue weighted by atomic mass is 35.5. The summed E-state index contributed by atoms with van der Waals surface area (Å²) in [5.74, 6) is 1.40. The van der Waals surface area contributed by atoms with Crippen LogP contribution in [0.3, 0.4) is 0 Å². The van der Waals surface area contributed by atoms with Crippen molar-refractivity contribution < 1.29 is 0 Å². The summed E-state index contributed by atoms with van der Waals surface area (Å²) in [5, 5.41) is 1.21. The van der Waals surface area contributed by atoms with Gasteiger partial charge in [-0.15, -0.1) is 11.6 Å². The topological polar surface area (TPSA) is 0 Å². The maximum atomic E-state index is 6.41. The Labute approximate surface area is 108 Å². The van der Waals surface area contributed by atoms with Gasteiger partial charge in [-0.3, -0.25) is 0 Å². The Morgan fingerprint density at radius 1 is 1.25 bits per heavy atom. The number of halogens is 2. The van der Waals surface area contributed by atoms with Crippen LogP contribution >= 0.6 is 23.2 Å². The van der Waals surface area contributed by atoms with Crippen LogP contribution in [0.25, 0.3) is 0 Å². The van der Waals surface area contributed by atoms with Crippen molar-refractivity contribution in [1.29, 1.82) is 0 Å². The van der Waals surface area contributed by atoms with E-state index in [2.05, 4.69) is 19.1 Å². The van der Waals surface area contributed by atoms with Gasteiger partial charge in [-0.2, -0.15) is 0 Å². The first kappa shape index (κ1) is 12.3. The SMILES string of the molecule is CC1CCC(Cl)C(Cc2ccccc2Cl)C1. The Hall–Kier alpha value is -0.200. The van der Waals surface area contributed by atoms with Crippen LogP contribution in [0.4, 0.5) is 0 Å². The molecule has 88 valence electrons. The Morgan fingerprint density at radius 3 is 2.75 bits per heavy atom. The summed E-state index contributed by atoms with van der Waals surface area (Å²) in [6, 6.07) is 8.11. The van der Waals surface area contributed by atoms with Gasteiger partial charge in [-0.05, 0) is 49.1 Å². The third-order valence-corrected chi connectivity index (χ3v) is 4.54. The van der Waals surface area contributed by atoms with Gasteiger partial charge in [0.05, 0.1) is 0 Å². The summed E-state index contributed by atoms with van der Waals surface area (Å²) in [7, 11) is 0. The van der Waals surface area contributed by atoms with E-state index in [0.717, 1.165) is 23.8 Å². The maximum Gasteiger partial charge on any atom is 0.0438 e. The molecule has 0 amide bonds. The van der Waals surface area contributed by atoms with Crippen molar-refractivity contribution in [2.75, 3.05) is 0 Å². The second-order valence-electron chi connectivity index (χ2n) is 4.99. The molecule has 1 aromatic rings. The third-order valence-electron chi connectivity index (χ3n) is 3.59. The zero-order chi connectivity index (χ0) is 11.5. The van der Waals surface area contributed by atoms with Gasteiger partial charge in [-0.25, -0.2) is 0 Å². The van der Waals surface area contributed by atoms with Gasteiger partial charge in [0.1, 0.15) is 0 Å². The molecule has 0 saturated heterocycles. The van der Waals surface area contributed by atoms with Gasteiger partial charge in [0, 0.05) is 10.4 Å². The van der Waals surface area contributed by atoms with Crippen molar-refractivity contribution in [2.24, 2.45) is 11.8 Å². The zero-order valence-electron chi connectivity index (χ0n) is 9.63. The first-order valence-electron chi connectivity index (χ1n) is 6.04. The fraction of sp³-hybridized carbons (Fsp3) is 0.571. The van der Waals surface area contributed by atoms with Crippen molar-refractivity contribution in [3.05, 3.63) is 34.9 Å². The van der Waals surface area contributed by atoms with E-state index >= 15 is 0 Å². The largest absolute Gasteiger partial charge is 0.123 e. The Balaban J connectivity index is 2.06. The molecular formula is C14H18Cl2. The number of alkyl halides is 1. The maximum absolute atomic E-state index is 6.41. The minimum Gasteiger partial charge on any atom is -0.123 e. The van der Waals surface area contributed by atoms with Gasteiger partial charge >= 0.3 is 0 Å². The molecule has 3 atom stereocenters. The lowest BCUT2D eigenvalue weighted by Crippen LogP contribution is -2.26. The van der Waals surface area contributed by atoms with Crippen LogP contribution in [-0.2, 0) is 6.42 Å². The molecular weight excluding hydrogens is 239 g/mol. The monoisotopic (exact) mass is 256 g/mol. The second kappa shape index (κ2) is 5.42. The van der Waals surface area contributed by atoms with Crippen molar-refractivity contribution in [2.45, 2.75) is 38.0 Å². The van der Waals surface area contributed by atoms with E-state index in [-0.39, 0.29) is 0 Å². The molecule has 2 rings (SSSR count). The predicted molar refractivity (Wildman–Crippen MR) is 71.3 cm³/mol. The Bertz CT molecular complexity index is 348. The first-order chi connectivity index (χ1) is 7.66. The van der Waals surface area contributed by atoms with Gasteiger partial charge in [0.2, 0.25) is 0 Å². The van der Waals surface area contributed by atoms with E-state index in [4.69, 9.17) is 23.2 Å². The molecule has 2 heteroatoms. The molecule has 0 aromatic heterocycles. The predicted octanol–water partition coefficient (Wildman–Crippen LogP) is 4.93. The average Bonchev–Trinajstić information content (AvgIpc) is 2.27. The highest BCUT2D eigenvalue weighted by Crippen LogP contribution is 2.35. The van der Waals surface area contributed by atoms with E-state index in [9.17, 15) is 0 Å². The molecule has 0 aliphatic heterocycles. The van der Waals surface area contributed by atoms with E-state index in [1.165, 1.54) is 18.4 Å². The molecule has 1 aromatic carbocycles. The molecule has 0 N–H and O–H groups in total. The summed E-state index contributed by atoms with van der Waals surface area (Å²) in [6.07, 6.45) is 4.68. The van der Waals surface area contributed by atoms with Crippen LogP contribution in [0.2, 0.25) is 5.02 Å². The minimum atomic E-state index is 0.326. The average molecular weight is 257 g/mol. The smallest absolute Gasteiger partial charge is 0.0438 e. The molecule has 1 fully saturated rings. The van der Waals surface area contributed by atoms with E-state index in [1.807, 2.05) is 12.1 Å². The molecule has 0 heterocycles. The lowest BCUT2D eigenvalue weighted by Gasteiger charge is -2.31. The molecule has 16 heavy (non-hydrogen) atoms. The number of hydrogen-bond donors (Lipinski definition) is 0. The van der Waals surface area contributed by atoms with Crippen molar-refractivity contribution in [3.63, 3.8) is 0 Å². The van der Waals surface area contributed by atoms with Crippen molar-refractivity contribution in [1.82, 2.24) is 0 Å². The van der Waals surface area contributed by atoms with Gasteiger partial charge < -0.3 is 0 Å². The number of benzene rings is 1. The van der Waals surface area contributed by atoms with E-state index in [1.54, 1.807) is 0 Å². The minimum absolute atomic E-state index is 0.326. The number of hydrogen-bond acceptors (Lipinski definition) is 0. The molecule has 0 spiro atoms. The van der Waals surface area contributed by atoms with Gasteiger partial charge in [0.25, 0.3) is 0 Å². The molecule has 0 radical (unpaired) electrons. The van der Waals surface area contributed by atoms with E-state index in [0.29, 0.717) is 11.3 Å². The summed E-state index contributed by atoms with van der Waals surface area (Å²) in [4.78, 5) is 0. The Morgan fingerprint density at radius 2 is 2.00 bits per heavy atom. The van der Waals surface area contributed by atoms with Crippen LogP contribution in [0, 0.1) is 11.8 Å². The lowest BCUT2D eigenvalue weighted by molar-refractivity contribution is 0.287. The number of rotatable bonds is 2. The highest BCUT2D eigenvalue weighted by Gasteiger charge is 2.27. The summed E-state index contributed by atoms with van der Waals surface area (Å²) in [5.41, 5.74) is 1.24. The lowest BCUT2D eigenvalue weighted by atomic mass is 9.79. The fourth-order valence-corrected chi connectivity index (χ4v) is 3.15. The van der Waals surface area contributed by atoms with Crippen LogP contribution < -0.4 is 0 Å². The van der Waals surface area contributed by atoms with Crippen molar-refractivity contribution in [3.8, 4) is 0 Å². The summed E-state index contributed by atoms with van der Waals surface area (Å²) >= 11 is 12.6. The van der Waals surface area contributed by atoms with Crippen LogP contribution in [0.15, 0.2) is 24.3 Å². The molecule has 1 aliphatic carbocycles. The quantitative estimate of drug-likeness (QED) is 0.659. The fourth-order valence-electron chi connectivity index (χ4n) is 2.62. The summed E-state index contributed by atoms with van der Waals surface area (Å²) < 4.78 is 0. The third kappa shape index (κ3) is 2.93. The van der Waals surface area contributed by atoms with Crippen LogP contribution in [0.1, 0.15) is 31.7 Å². The normalized spacial score (nSPS) is 30.3. The molecule has 1 saturated carbocycles. The molecule has 0 nitrogen and oxygen atoms in total. The standard InChI is InChI=1S/C14H18Cl2/c1-10-6-7-14(16)12(8-10)9-11-4-2-3-5-13(11)15/h2-5,10,12,14H,6-9H2,1H3. The van der Waals surface area contributed by atoms with Crippen LogP contribution in [-0.4, -0.2) is 5.38 Å². The van der Waals surface area contributed by atoms with Crippen LogP contribution in [0.5, 0.6) is 0 Å². The Kier molecular flexibility index (Phi) is 4.16. The first-order valence-corrected chi connectivity index (χ1v) is 6.85. The summed E-state index contributed by atoms with van der Waals surface area (Å²) in [6.45, 7) is 2.32. The van der Waals surface area contributed by atoms with Crippen molar-refractivity contribution >= 4 is 23.2 Å². The van der Waals surface area contributed by atoms with Gasteiger partial charge in [0.15, 0.2) is 0 Å².